The number of carboxylic acid groups (broad SMARTS) is 1. The lowest BCUT2D eigenvalue weighted by atomic mass is 10.1. The van der Waals surface area contributed by atoms with E-state index in [1.807, 2.05) is 0 Å². The van der Waals surface area contributed by atoms with Gasteiger partial charge in [0.15, 0.2) is 6.61 Å². The zero-order chi connectivity index (χ0) is 22.6. The quantitative estimate of drug-likeness (QED) is 0.336. The van der Waals surface area contributed by atoms with E-state index in [4.69, 9.17) is 21.4 Å². The van der Waals surface area contributed by atoms with Crippen LogP contribution in [0.25, 0.3) is 0 Å². The Bertz CT molecular complexity index is 1010. The van der Waals surface area contributed by atoms with Crippen LogP contribution in [-0.4, -0.2) is 22.6 Å². The molecule has 2 aromatic carbocycles. The van der Waals surface area contributed by atoms with Gasteiger partial charge in [0, 0.05) is 17.7 Å². The first-order valence-electron chi connectivity index (χ1n) is 8.18. The number of ether oxygens (including phenoxy) is 1. The average Bonchev–Trinajstić information content (AvgIpc) is 2.66. The van der Waals surface area contributed by atoms with Crippen molar-refractivity contribution in [2.45, 2.75) is 19.5 Å². The Morgan fingerprint density at radius 3 is 2.43 bits per heavy atom. The highest BCUT2D eigenvalue weighted by Crippen LogP contribution is 2.39. The van der Waals surface area contributed by atoms with Crippen LogP contribution in [0, 0.1) is 10.1 Å². The molecule has 0 aliphatic rings. The first kappa shape index (κ1) is 23.7. The monoisotopic (exact) mass is 467 g/mol. The van der Waals surface area contributed by atoms with Gasteiger partial charge in [0.05, 0.1) is 15.5 Å². The van der Waals surface area contributed by atoms with Gasteiger partial charge in [-0.25, -0.2) is 4.79 Å². The zero-order valence-electron chi connectivity index (χ0n) is 15.2. The molecule has 30 heavy (non-hydrogen) atoms. The molecule has 0 heterocycles. The first-order chi connectivity index (χ1) is 13.9. The Morgan fingerprint density at radius 2 is 1.93 bits per heavy atom. The topological polar surface area (TPSA) is 116 Å². The summed E-state index contributed by atoms with van der Waals surface area (Å²) in [5, 5.41) is 19.2. The van der Waals surface area contributed by atoms with Gasteiger partial charge in [-0.2, -0.15) is 13.2 Å². The molecule has 0 aliphatic heterocycles. The number of alkyl halides is 3. The Kier molecular flexibility index (Phi) is 7.46. The molecule has 0 aromatic heterocycles. The van der Waals surface area contributed by atoms with Crippen LogP contribution in [0.4, 0.5) is 18.9 Å². The van der Waals surface area contributed by atoms with E-state index in [-0.39, 0.29) is 28.5 Å². The van der Waals surface area contributed by atoms with Crippen LogP contribution < -0.4 is 10.0 Å². The fraction of sp³-hybridized carbons (Fsp3) is 0.235. The highest BCUT2D eigenvalue weighted by atomic mass is 35.5. The number of benzene rings is 2. The number of nitro benzene ring substituents is 1. The van der Waals surface area contributed by atoms with E-state index in [1.54, 1.807) is 6.92 Å². The van der Waals surface area contributed by atoms with Gasteiger partial charge >= 0.3 is 12.1 Å². The third-order valence-electron chi connectivity index (χ3n) is 3.78. The highest BCUT2D eigenvalue weighted by Gasteiger charge is 2.31. The second-order valence-electron chi connectivity index (χ2n) is 5.80. The third-order valence-corrected chi connectivity index (χ3v) is 5.32. The summed E-state index contributed by atoms with van der Waals surface area (Å²) >= 11 is 5.87. The van der Waals surface area contributed by atoms with E-state index >= 15 is 0 Å². The number of carbonyl (C=O) groups is 1. The molecule has 1 unspecified atom stereocenters. The summed E-state index contributed by atoms with van der Waals surface area (Å²) in [6, 6.07) is 4.50. The normalized spacial score (nSPS) is 12.4. The maximum atomic E-state index is 12.8. The van der Waals surface area contributed by atoms with Crippen LogP contribution in [0.2, 0.25) is 5.02 Å². The largest absolute Gasteiger partial charge is 0.480 e. The Hall–Kier alpha value is -2.62. The minimum Gasteiger partial charge on any atom is -0.480 e. The molecule has 2 aromatic rings. The lowest BCUT2D eigenvalue weighted by Crippen LogP contribution is -2.11. The van der Waals surface area contributed by atoms with Gasteiger partial charge in [-0.15, -0.1) is 0 Å². The first-order valence-corrected chi connectivity index (χ1v) is 9.88. The van der Waals surface area contributed by atoms with E-state index in [2.05, 4.69) is 4.52 Å². The number of hydrogen-bond acceptors (Lipinski definition) is 6. The van der Waals surface area contributed by atoms with Crippen molar-refractivity contribution in [2.24, 2.45) is 0 Å². The maximum absolute atomic E-state index is 12.8. The van der Waals surface area contributed by atoms with Crippen molar-refractivity contribution < 1.29 is 41.8 Å². The molecular formula is C17H14ClF3NO7P. The van der Waals surface area contributed by atoms with Crippen molar-refractivity contribution in [1.82, 2.24) is 0 Å². The van der Waals surface area contributed by atoms with E-state index in [9.17, 15) is 32.6 Å². The number of nitrogens with zero attached hydrogens (tertiary/aromatic N) is 1. The van der Waals surface area contributed by atoms with Gasteiger partial charge in [0.25, 0.3) is 5.69 Å². The van der Waals surface area contributed by atoms with Gasteiger partial charge in [0.2, 0.25) is 8.03 Å². The minimum absolute atomic E-state index is 0.0444. The van der Waals surface area contributed by atoms with Crippen molar-refractivity contribution in [1.29, 1.82) is 0 Å². The Morgan fingerprint density at radius 1 is 1.27 bits per heavy atom. The number of aliphatic carboxylic acids is 1. The number of hydrogen-bond donors (Lipinski definition) is 1. The standard InChI is InChI=1S/C17H14ClF3NO7P/c1-2-9-5-12(22(25)26)15(30(27)28-8-16(23)24)7-14(9)29-13-4-3-10(6-11(13)18)17(19,20)21/h3-7,30H,2,8H2,1H3,(H,23,24). The molecule has 0 saturated carbocycles. The molecule has 162 valence electrons. The van der Waals surface area contributed by atoms with E-state index in [1.165, 1.54) is 0 Å². The van der Waals surface area contributed by atoms with Crippen molar-refractivity contribution in [3.8, 4) is 11.5 Å². The summed E-state index contributed by atoms with van der Waals surface area (Å²) in [4.78, 5) is 21.1. The van der Waals surface area contributed by atoms with Crippen molar-refractivity contribution in [2.75, 3.05) is 6.61 Å². The van der Waals surface area contributed by atoms with Gasteiger partial charge < -0.3 is 14.4 Å². The zero-order valence-corrected chi connectivity index (χ0v) is 16.9. The Balaban J connectivity index is 2.49. The molecule has 0 bridgehead atoms. The summed E-state index contributed by atoms with van der Waals surface area (Å²) in [6.45, 7) is 0.704. The fourth-order valence-electron chi connectivity index (χ4n) is 2.38. The second-order valence-corrected chi connectivity index (χ2v) is 7.61. The summed E-state index contributed by atoms with van der Waals surface area (Å²) < 4.78 is 60.9. The fourth-order valence-corrected chi connectivity index (χ4v) is 3.63. The smallest absolute Gasteiger partial charge is 0.416 e. The summed E-state index contributed by atoms with van der Waals surface area (Å²) in [5.74, 6) is -1.63. The van der Waals surface area contributed by atoms with Gasteiger partial charge in [-0.1, -0.05) is 18.5 Å². The van der Waals surface area contributed by atoms with E-state index < -0.39 is 48.3 Å². The third kappa shape index (κ3) is 5.71. The lowest BCUT2D eigenvalue weighted by molar-refractivity contribution is -0.383. The van der Waals surface area contributed by atoms with Crippen LogP contribution in [0.1, 0.15) is 18.1 Å². The second kappa shape index (κ2) is 9.46. The molecular weight excluding hydrogens is 454 g/mol. The van der Waals surface area contributed by atoms with Gasteiger partial charge in [-0.3, -0.25) is 14.7 Å². The van der Waals surface area contributed by atoms with Crippen molar-refractivity contribution in [3.63, 3.8) is 0 Å². The predicted octanol–water partition coefficient (Wildman–Crippen LogP) is 4.82. The van der Waals surface area contributed by atoms with Crippen molar-refractivity contribution >= 4 is 36.6 Å². The summed E-state index contributed by atoms with van der Waals surface area (Å²) in [6.07, 6.45) is -4.38. The van der Waals surface area contributed by atoms with Crippen LogP contribution in [0.5, 0.6) is 11.5 Å². The summed E-state index contributed by atoms with van der Waals surface area (Å²) in [7, 11) is -3.34. The van der Waals surface area contributed by atoms with E-state index in [0.717, 1.165) is 24.3 Å². The Labute approximate surface area is 173 Å². The summed E-state index contributed by atoms with van der Waals surface area (Å²) in [5.41, 5.74) is -1.27. The number of carboxylic acids is 1. The molecule has 1 atom stereocenters. The average molecular weight is 468 g/mol. The molecule has 0 radical (unpaired) electrons. The van der Waals surface area contributed by atoms with E-state index in [0.29, 0.717) is 6.07 Å². The molecule has 1 N–H and O–H groups in total. The molecule has 8 nitrogen and oxygen atoms in total. The van der Waals surface area contributed by atoms with Crippen LogP contribution in [0.3, 0.4) is 0 Å². The van der Waals surface area contributed by atoms with Gasteiger partial charge in [0.1, 0.15) is 16.8 Å². The molecule has 0 aliphatic carbocycles. The van der Waals surface area contributed by atoms with Crippen LogP contribution in [0.15, 0.2) is 30.3 Å². The van der Waals surface area contributed by atoms with Crippen LogP contribution >= 0.6 is 19.6 Å². The maximum Gasteiger partial charge on any atom is 0.416 e. The van der Waals surface area contributed by atoms with Gasteiger partial charge in [-0.05, 0) is 24.6 Å². The molecule has 13 heteroatoms. The minimum atomic E-state index is -4.61. The number of halogens is 4. The molecule has 0 fully saturated rings. The molecule has 0 spiro atoms. The number of aryl methyl sites for hydroxylation is 1. The lowest BCUT2D eigenvalue weighted by Gasteiger charge is -2.15. The molecule has 0 saturated heterocycles. The van der Waals surface area contributed by atoms with Crippen LogP contribution in [-0.2, 0) is 26.5 Å². The number of rotatable bonds is 8. The molecule has 2 rings (SSSR count). The SMILES string of the molecule is CCc1cc([N+](=O)[O-])c([PH](=O)OCC(=O)O)cc1Oc1ccc(C(F)(F)F)cc1Cl. The highest BCUT2D eigenvalue weighted by molar-refractivity contribution is 7.48. The number of nitro groups is 1. The predicted molar refractivity (Wildman–Crippen MR) is 101 cm³/mol. The molecule has 0 amide bonds. The van der Waals surface area contributed by atoms with Crippen molar-refractivity contribution in [3.05, 3.63) is 56.6 Å².